The Hall–Kier alpha value is -1.50. The third-order valence-corrected chi connectivity index (χ3v) is 4.55. The second-order valence-electron chi connectivity index (χ2n) is 5.74. The van der Waals surface area contributed by atoms with Gasteiger partial charge in [-0.1, -0.05) is 6.07 Å². The van der Waals surface area contributed by atoms with E-state index in [1.807, 2.05) is 12.1 Å². The number of methoxy groups -OCH3 is 4. The molecule has 1 aromatic carbocycles. The summed E-state index contributed by atoms with van der Waals surface area (Å²) in [5.41, 5.74) is 7.03. The molecule has 0 radical (unpaired) electrons. The van der Waals surface area contributed by atoms with Gasteiger partial charge in [0, 0.05) is 38.3 Å². The van der Waals surface area contributed by atoms with Gasteiger partial charge in [0.15, 0.2) is 11.5 Å². The quantitative estimate of drug-likeness (QED) is 0.823. The van der Waals surface area contributed by atoms with Crippen molar-refractivity contribution in [3.8, 4) is 17.2 Å². The maximum atomic E-state index is 5.96. The molecular weight excluding hydrogens is 296 g/mol. The van der Waals surface area contributed by atoms with E-state index in [4.69, 9.17) is 24.7 Å². The predicted octanol–water partition coefficient (Wildman–Crippen LogP) is 1.65. The summed E-state index contributed by atoms with van der Waals surface area (Å²) < 4.78 is 21.9. The molecule has 0 saturated carbocycles. The van der Waals surface area contributed by atoms with E-state index in [0.29, 0.717) is 30.2 Å². The molecule has 0 bridgehead atoms. The fraction of sp³-hybridized carbons (Fsp3) is 0.647. The molecule has 1 fully saturated rings. The fourth-order valence-corrected chi connectivity index (χ4v) is 3.24. The molecule has 1 aliphatic heterocycles. The third kappa shape index (κ3) is 3.88. The van der Waals surface area contributed by atoms with Gasteiger partial charge in [-0.3, -0.25) is 4.90 Å². The van der Waals surface area contributed by atoms with Crippen LogP contribution in [0, 0.1) is 0 Å². The van der Waals surface area contributed by atoms with Crippen LogP contribution in [0.3, 0.4) is 0 Å². The summed E-state index contributed by atoms with van der Waals surface area (Å²) in [4.78, 5) is 2.39. The van der Waals surface area contributed by atoms with Gasteiger partial charge in [-0.15, -0.1) is 0 Å². The van der Waals surface area contributed by atoms with Crippen molar-refractivity contribution in [1.29, 1.82) is 0 Å². The molecular formula is C17H28N2O4. The van der Waals surface area contributed by atoms with Gasteiger partial charge in [0.05, 0.1) is 27.4 Å². The van der Waals surface area contributed by atoms with Crippen molar-refractivity contribution < 1.29 is 18.9 Å². The molecule has 1 aliphatic rings. The van der Waals surface area contributed by atoms with E-state index in [9.17, 15) is 0 Å². The molecule has 1 heterocycles. The molecule has 23 heavy (non-hydrogen) atoms. The van der Waals surface area contributed by atoms with E-state index in [-0.39, 0.29) is 0 Å². The zero-order valence-corrected chi connectivity index (χ0v) is 14.5. The van der Waals surface area contributed by atoms with Crippen LogP contribution in [0.2, 0.25) is 0 Å². The van der Waals surface area contributed by atoms with Crippen LogP contribution in [0.25, 0.3) is 0 Å². The Morgan fingerprint density at radius 2 is 1.83 bits per heavy atom. The zero-order valence-electron chi connectivity index (χ0n) is 14.5. The van der Waals surface area contributed by atoms with Gasteiger partial charge in [0.1, 0.15) is 0 Å². The largest absolute Gasteiger partial charge is 0.493 e. The number of nitrogens with two attached hydrogens (primary N) is 1. The number of benzene rings is 1. The van der Waals surface area contributed by atoms with E-state index in [0.717, 1.165) is 37.2 Å². The average molecular weight is 324 g/mol. The molecule has 1 saturated heterocycles. The highest BCUT2D eigenvalue weighted by molar-refractivity contribution is 5.55. The van der Waals surface area contributed by atoms with E-state index in [1.54, 1.807) is 28.4 Å². The molecule has 2 atom stereocenters. The van der Waals surface area contributed by atoms with Crippen LogP contribution in [-0.4, -0.2) is 58.6 Å². The van der Waals surface area contributed by atoms with E-state index < -0.39 is 0 Å². The second kappa shape index (κ2) is 8.38. The molecule has 0 aliphatic carbocycles. The Balaban J connectivity index is 2.22. The first-order valence-corrected chi connectivity index (χ1v) is 7.93. The lowest BCUT2D eigenvalue weighted by molar-refractivity contribution is 0.00996. The van der Waals surface area contributed by atoms with Crippen LogP contribution in [0.15, 0.2) is 12.1 Å². The Kier molecular flexibility index (Phi) is 6.50. The van der Waals surface area contributed by atoms with E-state index in [2.05, 4.69) is 4.90 Å². The minimum absolute atomic E-state index is 0.298. The highest BCUT2D eigenvalue weighted by atomic mass is 16.5. The van der Waals surface area contributed by atoms with Crippen molar-refractivity contribution >= 4 is 0 Å². The summed E-state index contributed by atoms with van der Waals surface area (Å²) in [5.74, 6) is 2.02. The number of piperidine rings is 1. The number of hydrogen-bond acceptors (Lipinski definition) is 6. The Bertz CT molecular complexity index is 510. The molecule has 6 heteroatoms. The minimum atomic E-state index is 0.298. The topological polar surface area (TPSA) is 66.2 Å². The summed E-state index contributed by atoms with van der Waals surface area (Å²) in [6.45, 7) is 2.34. The summed E-state index contributed by atoms with van der Waals surface area (Å²) in [7, 11) is 6.66. The van der Waals surface area contributed by atoms with Gasteiger partial charge in [0.2, 0.25) is 5.75 Å². The SMILES string of the molecule is COc1ccc(CN2CCC(OC)CC2CN)c(OC)c1OC. The first kappa shape index (κ1) is 17.8. The maximum absolute atomic E-state index is 5.96. The summed E-state index contributed by atoms with van der Waals surface area (Å²) in [6.07, 6.45) is 2.28. The van der Waals surface area contributed by atoms with Gasteiger partial charge < -0.3 is 24.7 Å². The lowest BCUT2D eigenvalue weighted by Gasteiger charge is -2.38. The Morgan fingerprint density at radius 3 is 2.39 bits per heavy atom. The second-order valence-corrected chi connectivity index (χ2v) is 5.74. The smallest absolute Gasteiger partial charge is 0.203 e. The molecule has 2 N–H and O–H groups in total. The van der Waals surface area contributed by atoms with E-state index in [1.165, 1.54) is 0 Å². The lowest BCUT2D eigenvalue weighted by Crippen LogP contribution is -2.48. The summed E-state index contributed by atoms with van der Waals surface area (Å²) in [5, 5.41) is 0. The highest BCUT2D eigenvalue weighted by Gasteiger charge is 2.28. The zero-order chi connectivity index (χ0) is 16.8. The number of hydrogen-bond donors (Lipinski definition) is 1. The van der Waals surface area contributed by atoms with Crippen LogP contribution in [0.4, 0.5) is 0 Å². The van der Waals surface area contributed by atoms with E-state index >= 15 is 0 Å². The van der Waals surface area contributed by atoms with Crippen LogP contribution in [-0.2, 0) is 11.3 Å². The van der Waals surface area contributed by atoms with Crippen molar-refractivity contribution in [1.82, 2.24) is 4.90 Å². The van der Waals surface area contributed by atoms with Crippen LogP contribution < -0.4 is 19.9 Å². The van der Waals surface area contributed by atoms with Gasteiger partial charge >= 0.3 is 0 Å². The highest BCUT2D eigenvalue weighted by Crippen LogP contribution is 2.40. The van der Waals surface area contributed by atoms with Gasteiger partial charge in [-0.25, -0.2) is 0 Å². The van der Waals surface area contributed by atoms with Crippen molar-refractivity contribution in [2.75, 3.05) is 41.5 Å². The monoisotopic (exact) mass is 324 g/mol. The van der Waals surface area contributed by atoms with Gasteiger partial charge in [-0.05, 0) is 18.9 Å². The summed E-state index contributed by atoms with van der Waals surface area (Å²) in [6, 6.07) is 4.25. The first-order chi connectivity index (χ1) is 11.2. The number of nitrogens with zero attached hydrogens (tertiary/aromatic N) is 1. The van der Waals surface area contributed by atoms with Crippen LogP contribution >= 0.6 is 0 Å². The van der Waals surface area contributed by atoms with Crippen molar-refractivity contribution in [2.24, 2.45) is 5.73 Å². The molecule has 0 aromatic heterocycles. The standard InChI is InChI=1S/C17H28N2O4/c1-20-14-7-8-19(13(9-14)10-18)11-12-5-6-15(21-2)17(23-4)16(12)22-3/h5-6,13-14H,7-11,18H2,1-4H3. The Labute approximate surface area is 138 Å². The molecule has 6 nitrogen and oxygen atoms in total. The number of likely N-dealkylation sites (tertiary alicyclic amines) is 1. The average Bonchev–Trinajstić information content (AvgIpc) is 2.61. The molecule has 0 spiro atoms. The maximum Gasteiger partial charge on any atom is 0.203 e. The Morgan fingerprint density at radius 1 is 1.09 bits per heavy atom. The number of rotatable bonds is 7. The first-order valence-electron chi connectivity index (χ1n) is 7.93. The number of ether oxygens (including phenoxy) is 4. The fourth-order valence-electron chi connectivity index (χ4n) is 3.24. The molecule has 130 valence electrons. The minimum Gasteiger partial charge on any atom is -0.493 e. The van der Waals surface area contributed by atoms with Gasteiger partial charge in [-0.2, -0.15) is 0 Å². The van der Waals surface area contributed by atoms with Gasteiger partial charge in [0.25, 0.3) is 0 Å². The van der Waals surface area contributed by atoms with Crippen molar-refractivity contribution in [2.45, 2.75) is 31.5 Å². The van der Waals surface area contributed by atoms with Crippen LogP contribution in [0.5, 0.6) is 17.2 Å². The van der Waals surface area contributed by atoms with Crippen molar-refractivity contribution in [3.05, 3.63) is 17.7 Å². The molecule has 2 rings (SSSR count). The normalized spacial score (nSPS) is 22.0. The van der Waals surface area contributed by atoms with Crippen LogP contribution in [0.1, 0.15) is 18.4 Å². The summed E-state index contributed by atoms with van der Waals surface area (Å²) >= 11 is 0. The lowest BCUT2D eigenvalue weighted by atomic mass is 9.98. The molecule has 2 unspecified atom stereocenters. The molecule has 0 amide bonds. The predicted molar refractivity (Wildman–Crippen MR) is 89.4 cm³/mol. The van der Waals surface area contributed by atoms with Crippen molar-refractivity contribution in [3.63, 3.8) is 0 Å². The third-order valence-electron chi connectivity index (χ3n) is 4.55. The molecule has 1 aromatic rings.